The zero-order chi connectivity index (χ0) is 24.2. The summed E-state index contributed by atoms with van der Waals surface area (Å²) in [4.78, 5) is 28.1. The topological polar surface area (TPSA) is 43.4 Å². The Balaban J connectivity index is 1.81. The van der Waals surface area contributed by atoms with Crippen LogP contribution in [-0.4, -0.2) is 39.8 Å². The van der Waals surface area contributed by atoms with Gasteiger partial charge < -0.3 is 0 Å². The zero-order valence-corrected chi connectivity index (χ0v) is 22.8. The van der Waals surface area contributed by atoms with Gasteiger partial charge in [0, 0.05) is 0 Å². The van der Waals surface area contributed by atoms with Gasteiger partial charge in [0.05, 0.1) is 0 Å². The van der Waals surface area contributed by atoms with E-state index in [0.29, 0.717) is 17.5 Å². The zero-order valence-electron chi connectivity index (χ0n) is 20.1. The van der Waals surface area contributed by atoms with Crippen LogP contribution in [0.25, 0.3) is 0 Å². The summed E-state index contributed by atoms with van der Waals surface area (Å²) in [5, 5.41) is -0.163. The minimum absolute atomic E-state index is 0.0316. The molecule has 0 aromatic heterocycles. The molecule has 0 amide bonds. The van der Waals surface area contributed by atoms with Crippen LogP contribution in [0.3, 0.4) is 0 Å². The number of Topliss-reactive ketones (excluding diaryl/α,β-unsaturated/α-hetero) is 2. The molecule has 4 rings (SSSR count). The second-order valence-electron chi connectivity index (χ2n) is 8.90. The number of carbonyl (C=O) groups excluding carboxylic acids is 2. The Morgan fingerprint density at radius 3 is 1.71 bits per heavy atom. The molecule has 0 N–H and O–H groups in total. The van der Waals surface area contributed by atoms with Crippen LogP contribution >= 0.6 is 0 Å². The molecule has 0 radical (unpaired) electrons. The van der Waals surface area contributed by atoms with Gasteiger partial charge in [0.2, 0.25) is 0 Å². The number of rotatable bonds is 10. The average Bonchev–Trinajstić information content (AvgIpc) is 3.11. The predicted molar refractivity (Wildman–Crippen MR) is 142 cm³/mol. The Kier molecular flexibility index (Phi) is 7.69. The van der Waals surface area contributed by atoms with Crippen molar-refractivity contribution < 1.29 is 14.0 Å². The number of ketones is 2. The van der Waals surface area contributed by atoms with Crippen molar-refractivity contribution in [2.75, 3.05) is 0 Å². The van der Waals surface area contributed by atoms with Gasteiger partial charge in [0.15, 0.2) is 0 Å². The maximum absolute atomic E-state index is 14.0. The fourth-order valence-corrected chi connectivity index (χ4v) is 11.3. The molecule has 0 aliphatic heterocycles. The van der Waals surface area contributed by atoms with Gasteiger partial charge in [0.25, 0.3) is 0 Å². The first-order valence-corrected chi connectivity index (χ1v) is 16.5. The van der Waals surface area contributed by atoms with Crippen LogP contribution < -0.4 is 4.46 Å². The molecular formula is C29H32O3SeSi. The Labute approximate surface area is 210 Å². The van der Waals surface area contributed by atoms with Gasteiger partial charge in [-0.2, -0.15) is 0 Å². The molecule has 0 spiro atoms. The molecule has 3 aromatic carbocycles. The van der Waals surface area contributed by atoms with E-state index in [0.717, 1.165) is 23.7 Å². The molecule has 176 valence electrons. The van der Waals surface area contributed by atoms with Crippen LogP contribution in [0.5, 0.6) is 0 Å². The van der Waals surface area contributed by atoms with Crippen molar-refractivity contribution in [1.82, 2.24) is 0 Å². The molecular weight excluding hydrogens is 503 g/mol. The fraction of sp³-hybridized carbons (Fsp3) is 0.310. The molecule has 1 aliphatic rings. The number of hydrogen-bond acceptors (Lipinski definition) is 3. The van der Waals surface area contributed by atoms with Crippen molar-refractivity contribution in [3.05, 3.63) is 102 Å². The van der Waals surface area contributed by atoms with Crippen LogP contribution in [0.2, 0.25) is 18.1 Å². The molecule has 1 aliphatic carbocycles. The fourth-order valence-electron chi connectivity index (χ4n) is 5.02. The van der Waals surface area contributed by atoms with Crippen molar-refractivity contribution in [2.24, 2.45) is 0 Å². The SMILES string of the molecule is CC[Si](CC)(CC)OC(CC1(c2ccccc2)C(=O)c2ccccc2C1=O)[Se]c1ccccc1. The van der Waals surface area contributed by atoms with Crippen molar-refractivity contribution >= 4 is 39.3 Å². The Bertz CT molecular complexity index is 1100. The van der Waals surface area contributed by atoms with Gasteiger partial charge in [-0.25, -0.2) is 0 Å². The Morgan fingerprint density at radius 2 is 1.21 bits per heavy atom. The molecule has 0 saturated heterocycles. The second-order valence-corrected chi connectivity index (χ2v) is 16.2. The van der Waals surface area contributed by atoms with E-state index >= 15 is 0 Å². The van der Waals surface area contributed by atoms with Crippen LogP contribution in [0, 0.1) is 0 Å². The normalized spacial score (nSPS) is 15.9. The predicted octanol–water partition coefficient (Wildman–Crippen LogP) is 5.77. The van der Waals surface area contributed by atoms with Gasteiger partial charge in [-0.1, -0.05) is 0 Å². The van der Waals surface area contributed by atoms with Gasteiger partial charge in [-0.05, 0) is 0 Å². The summed E-state index contributed by atoms with van der Waals surface area (Å²) in [6.07, 6.45) is 0.382. The second kappa shape index (κ2) is 10.5. The van der Waals surface area contributed by atoms with E-state index in [2.05, 4.69) is 32.9 Å². The first-order valence-electron chi connectivity index (χ1n) is 12.1. The standard InChI is InChI=1S/C29H32O3SeSi/c1-4-34(5-2,6-3)32-26(33-23-17-11-8-12-18-23)21-29(22-15-9-7-10-16-22)27(30)24-19-13-14-20-25(24)28(29)31/h7-20,26H,4-6,21H2,1-3H3. The van der Waals surface area contributed by atoms with Crippen molar-refractivity contribution in [3.8, 4) is 0 Å². The summed E-state index contributed by atoms with van der Waals surface area (Å²) in [7, 11) is -1.97. The van der Waals surface area contributed by atoms with Crippen LogP contribution in [0.4, 0.5) is 0 Å². The van der Waals surface area contributed by atoms with Crippen molar-refractivity contribution in [3.63, 3.8) is 0 Å². The molecule has 0 heterocycles. The van der Waals surface area contributed by atoms with Crippen molar-refractivity contribution in [1.29, 1.82) is 0 Å². The summed E-state index contributed by atoms with van der Waals surface area (Å²) < 4.78 is 8.28. The van der Waals surface area contributed by atoms with Gasteiger partial charge in [-0.15, -0.1) is 0 Å². The van der Waals surface area contributed by atoms with Crippen molar-refractivity contribution in [2.45, 2.75) is 55.7 Å². The van der Waals surface area contributed by atoms with E-state index in [1.54, 1.807) is 12.1 Å². The van der Waals surface area contributed by atoms with Gasteiger partial charge >= 0.3 is 211 Å². The molecule has 3 aromatic rings. The first-order chi connectivity index (χ1) is 16.5. The van der Waals surface area contributed by atoms with Crippen LogP contribution in [-0.2, 0) is 9.84 Å². The van der Waals surface area contributed by atoms with Crippen LogP contribution in [0.1, 0.15) is 53.5 Å². The van der Waals surface area contributed by atoms with E-state index in [1.165, 1.54) is 4.46 Å². The summed E-state index contributed by atoms with van der Waals surface area (Å²) in [6.45, 7) is 6.67. The van der Waals surface area contributed by atoms with Gasteiger partial charge in [-0.3, -0.25) is 0 Å². The van der Waals surface area contributed by atoms with E-state index in [-0.39, 0.29) is 31.5 Å². The summed E-state index contributed by atoms with van der Waals surface area (Å²) >= 11 is -0.0316. The quantitative estimate of drug-likeness (QED) is 0.245. The maximum atomic E-state index is 14.0. The molecule has 0 fully saturated rings. The van der Waals surface area contributed by atoms with Crippen LogP contribution in [0.15, 0.2) is 84.9 Å². The third kappa shape index (κ3) is 4.50. The van der Waals surface area contributed by atoms with E-state index < -0.39 is 13.7 Å². The summed E-state index contributed by atoms with van der Waals surface area (Å²) in [5.74, 6) is -0.179. The van der Waals surface area contributed by atoms with E-state index in [4.69, 9.17) is 4.43 Å². The Hall–Kier alpha value is -2.30. The molecule has 5 heteroatoms. The van der Waals surface area contributed by atoms with Gasteiger partial charge in [0.1, 0.15) is 0 Å². The number of fused-ring (bicyclic) bond motifs is 1. The minimum atomic E-state index is -1.97. The molecule has 34 heavy (non-hydrogen) atoms. The molecule has 1 unspecified atom stereocenters. The molecule has 0 bridgehead atoms. The molecule has 0 saturated carbocycles. The average molecular weight is 536 g/mol. The first kappa shape index (κ1) is 24.8. The van der Waals surface area contributed by atoms with E-state index in [1.807, 2.05) is 60.7 Å². The van der Waals surface area contributed by atoms with E-state index in [9.17, 15) is 9.59 Å². The third-order valence-corrected chi connectivity index (χ3v) is 14.5. The number of hydrogen-bond donors (Lipinski definition) is 0. The third-order valence-electron chi connectivity index (χ3n) is 7.26. The molecule has 3 nitrogen and oxygen atoms in total. The number of carbonyl (C=O) groups is 2. The number of benzene rings is 3. The molecule has 1 atom stereocenters. The Morgan fingerprint density at radius 1 is 0.735 bits per heavy atom. The summed E-state index contributed by atoms with van der Waals surface area (Å²) in [6, 6.07) is 30.4. The monoisotopic (exact) mass is 536 g/mol. The summed E-state index contributed by atoms with van der Waals surface area (Å²) in [5.41, 5.74) is 0.608.